The number of rotatable bonds is 5. The van der Waals surface area contributed by atoms with Gasteiger partial charge in [-0.1, -0.05) is 35.3 Å². The van der Waals surface area contributed by atoms with E-state index in [9.17, 15) is 27.2 Å². The monoisotopic (exact) mass is 521 g/mol. The van der Waals surface area contributed by atoms with Crippen LogP contribution in [0.1, 0.15) is 45.5 Å². The highest BCUT2D eigenvalue weighted by Crippen LogP contribution is 2.44. The Hall–Kier alpha value is -1.73. The van der Waals surface area contributed by atoms with Crippen LogP contribution in [0.25, 0.3) is 0 Å². The first-order chi connectivity index (χ1) is 15.4. The second-order valence-electron chi connectivity index (χ2n) is 8.23. The van der Waals surface area contributed by atoms with Crippen LogP contribution in [-0.4, -0.2) is 35.9 Å². The van der Waals surface area contributed by atoms with Crippen molar-refractivity contribution in [1.82, 2.24) is 4.90 Å². The molecule has 0 radical (unpaired) electrons. The molecule has 2 atom stereocenters. The number of carbonyl (C=O) groups is 2. The van der Waals surface area contributed by atoms with Gasteiger partial charge in [0.1, 0.15) is 12.0 Å². The van der Waals surface area contributed by atoms with Gasteiger partial charge in [0.2, 0.25) is 5.91 Å². The first-order valence-electron chi connectivity index (χ1n) is 9.94. The molecule has 11 heteroatoms. The number of hydrogen-bond acceptors (Lipinski definition) is 3. The zero-order valence-corrected chi connectivity index (χ0v) is 19.7. The average Bonchev–Trinajstić information content (AvgIpc) is 3.08. The minimum atomic E-state index is -4.55. The van der Waals surface area contributed by atoms with Crippen LogP contribution in [0.5, 0.6) is 0 Å². The zero-order valence-electron chi connectivity index (χ0n) is 17.0. The Morgan fingerprint density at radius 1 is 1.15 bits per heavy atom. The predicted molar refractivity (Wildman–Crippen MR) is 118 cm³/mol. The number of amides is 1. The van der Waals surface area contributed by atoms with E-state index in [1.807, 2.05) is 0 Å². The molecule has 2 unspecified atom stereocenters. The molecule has 0 aromatic heterocycles. The van der Waals surface area contributed by atoms with E-state index >= 15 is 0 Å². The molecule has 2 aliphatic rings. The molecule has 176 valence electrons. The van der Waals surface area contributed by atoms with Crippen LogP contribution < -0.4 is 0 Å². The first kappa shape index (κ1) is 24.4. The molecular formula is C22H18Cl2F4NO3P. The summed E-state index contributed by atoms with van der Waals surface area (Å²) in [6.45, 7) is 0.287. The molecule has 1 amide bonds. The molecule has 0 aliphatic carbocycles. The molecule has 1 fully saturated rings. The van der Waals surface area contributed by atoms with E-state index in [1.54, 1.807) is 18.2 Å². The Morgan fingerprint density at radius 2 is 1.79 bits per heavy atom. The van der Waals surface area contributed by atoms with Crippen molar-refractivity contribution in [2.45, 2.75) is 36.9 Å². The molecule has 0 bridgehead atoms. The normalized spacial score (nSPS) is 17.6. The molecule has 2 aromatic rings. The molecule has 2 aromatic carbocycles. The van der Waals surface area contributed by atoms with E-state index in [0.29, 0.717) is 11.1 Å². The van der Waals surface area contributed by atoms with Crippen LogP contribution in [0.2, 0.25) is 10.0 Å². The van der Waals surface area contributed by atoms with Crippen molar-refractivity contribution in [2.75, 3.05) is 13.1 Å². The SMILES string of the molecule is O=C(CC(P)c1cc(Cl)c(F)c(Cl)c1)c1ccc2c(c1)COC21CN(C(=O)CC(F)(F)F)C1. The third-order valence-electron chi connectivity index (χ3n) is 5.86. The largest absolute Gasteiger partial charge is 0.397 e. The lowest BCUT2D eigenvalue weighted by Crippen LogP contribution is -2.61. The Kier molecular flexibility index (Phi) is 6.51. The summed E-state index contributed by atoms with van der Waals surface area (Å²) in [5, 5.41) is -0.249. The van der Waals surface area contributed by atoms with Crippen molar-refractivity contribution in [1.29, 1.82) is 0 Å². The third-order valence-corrected chi connectivity index (χ3v) is 7.03. The molecule has 0 saturated carbocycles. The summed E-state index contributed by atoms with van der Waals surface area (Å²) in [5.41, 5.74) is 1.41. The fourth-order valence-electron chi connectivity index (χ4n) is 4.14. The molecule has 1 saturated heterocycles. The van der Waals surface area contributed by atoms with Crippen LogP contribution in [-0.2, 0) is 21.7 Å². The Labute approximate surface area is 199 Å². The number of hydrogen-bond donors (Lipinski definition) is 0. The highest BCUT2D eigenvalue weighted by atomic mass is 35.5. The van der Waals surface area contributed by atoms with Crippen molar-refractivity contribution >= 4 is 44.1 Å². The Morgan fingerprint density at radius 3 is 2.39 bits per heavy atom. The van der Waals surface area contributed by atoms with Crippen molar-refractivity contribution in [3.8, 4) is 0 Å². The lowest BCUT2D eigenvalue weighted by molar-refractivity contribution is -0.185. The minimum Gasteiger partial charge on any atom is -0.362 e. The highest BCUT2D eigenvalue weighted by Gasteiger charge is 2.52. The molecule has 2 aliphatic heterocycles. The summed E-state index contributed by atoms with van der Waals surface area (Å²) in [6, 6.07) is 7.92. The Balaban J connectivity index is 1.43. The fourth-order valence-corrected chi connectivity index (χ4v) is 5.05. The number of halogens is 6. The van der Waals surface area contributed by atoms with Gasteiger partial charge in [-0.2, -0.15) is 13.2 Å². The zero-order chi connectivity index (χ0) is 24.1. The van der Waals surface area contributed by atoms with E-state index < -0.39 is 29.9 Å². The number of ketones is 1. The number of Topliss-reactive ketones (excluding diaryl/α,β-unsaturated/α-hetero) is 1. The summed E-state index contributed by atoms with van der Waals surface area (Å²) in [5.74, 6) is -1.86. The summed E-state index contributed by atoms with van der Waals surface area (Å²) in [7, 11) is 2.52. The van der Waals surface area contributed by atoms with E-state index in [1.165, 1.54) is 12.1 Å². The lowest BCUT2D eigenvalue weighted by atomic mass is 9.84. The van der Waals surface area contributed by atoms with Gasteiger partial charge in [0.25, 0.3) is 0 Å². The number of likely N-dealkylation sites (tertiary alicyclic amines) is 1. The quantitative estimate of drug-likeness (QED) is 0.215. The third kappa shape index (κ3) is 4.90. The van der Waals surface area contributed by atoms with Crippen molar-refractivity contribution < 1.29 is 31.9 Å². The maximum Gasteiger partial charge on any atom is 0.397 e. The molecule has 4 rings (SSSR count). The second-order valence-corrected chi connectivity index (χ2v) is 9.85. The molecule has 4 nitrogen and oxygen atoms in total. The predicted octanol–water partition coefficient (Wildman–Crippen LogP) is 5.84. The lowest BCUT2D eigenvalue weighted by Gasteiger charge is -2.47. The van der Waals surface area contributed by atoms with Gasteiger partial charge >= 0.3 is 6.18 Å². The second kappa shape index (κ2) is 8.81. The topological polar surface area (TPSA) is 46.6 Å². The van der Waals surface area contributed by atoms with Crippen molar-refractivity contribution in [3.05, 3.63) is 68.4 Å². The number of ether oxygens (including phenoxy) is 1. The summed E-state index contributed by atoms with van der Waals surface area (Å²) < 4.78 is 56.9. The summed E-state index contributed by atoms with van der Waals surface area (Å²) >= 11 is 11.7. The molecule has 2 heterocycles. The van der Waals surface area contributed by atoms with Gasteiger partial charge in [-0.15, -0.1) is 9.24 Å². The van der Waals surface area contributed by atoms with Crippen LogP contribution in [0, 0.1) is 5.82 Å². The Bertz CT molecular complexity index is 1110. The van der Waals surface area contributed by atoms with Gasteiger partial charge in [0, 0.05) is 17.6 Å². The van der Waals surface area contributed by atoms with Crippen LogP contribution in [0.3, 0.4) is 0 Å². The maximum atomic E-state index is 13.6. The molecule has 33 heavy (non-hydrogen) atoms. The van der Waals surface area contributed by atoms with Gasteiger partial charge in [0.05, 0.1) is 29.7 Å². The highest BCUT2D eigenvalue weighted by molar-refractivity contribution is 7.17. The standard InChI is InChI=1S/C22H18Cl2F4NO3P/c23-15-4-12(5-16(24)20(15)25)18(33)6-17(30)11-1-2-14-13(3-11)8-32-21(14)9-29(10-21)19(31)7-22(26,27)28/h1-5,18H,6-10,33H2. The van der Waals surface area contributed by atoms with Gasteiger partial charge in [-0.3, -0.25) is 9.59 Å². The number of nitrogens with zero attached hydrogens (tertiary/aromatic N) is 1. The number of carbonyl (C=O) groups excluding carboxylic acids is 2. The van der Waals surface area contributed by atoms with Gasteiger partial charge in [0.15, 0.2) is 11.6 Å². The average molecular weight is 522 g/mol. The molecule has 0 N–H and O–H groups in total. The first-order valence-corrected chi connectivity index (χ1v) is 11.4. The smallest absolute Gasteiger partial charge is 0.362 e. The minimum absolute atomic E-state index is 0.0436. The maximum absolute atomic E-state index is 13.6. The van der Waals surface area contributed by atoms with E-state index in [0.717, 1.165) is 16.0 Å². The summed E-state index contributed by atoms with van der Waals surface area (Å²) in [6.07, 6.45) is -5.94. The molecular weight excluding hydrogens is 504 g/mol. The van der Waals surface area contributed by atoms with Crippen LogP contribution >= 0.6 is 32.4 Å². The number of fused-ring (bicyclic) bond motifs is 2. The van der Waals surface area contributed by atoms with Gasteiger partial charge in [-0.05, 0) is 34.9 Å². The van der Waals surface area contributed by atoms with E-state index in [-0.39, 0.29) is 47.6 Å². The number of benzene rings is 2. The van der Waals surface area contributed by atoms with Crippen LogP contribution in [0.15, 0.2) is 30.3 Å². The fraction of sp³-hybridized carbons (Fsp3) is 0.364. The van der Waals surface area contributed by atoms with Crippen molar-refractivity contribution in [3.63, 3.8) is 0 Å². The summed E-state index contributed by atoms with van der Waals surface area (Å²) in [4.78, 5) is 25.7. The van der Waals surface area contributed by atoms with Crippen LogP contribution in [0.4, 0.5) is 17.6 Å². The van der Waals surface area contributed by atoms with Crippen molar-refractivity contribution in [2.24, 2.45) is 0 Å². The van der Waals surface area contributed by atoms with E-state index in [4.69, 9.17) is 27.9 Å². The molecule has 1 spiro atoms. The van der Waals surface area contributed by atoms with Gasteiger partial charge in [-0.25, -0.2) is 4.39 Å². The number of alkyl halides is 3. The van der Waals surface area contributed by atoms with Gasteiger partial charge < -0.3 is 9.64 Å². The van der Waals surface area contributed by atoms with E-state index in [2.05, 4.69) is 9.24 Å².